The monoisotopic (exact) mass is 311 g/mol. The summed E-state index contributed by atoms with van der Waals surface area (Å²) in [6.07, 6.45) is -3.84. The average Bonchev–Trinajstić information content (AvgIpc) is 3.22. The van der Waals surface area contributed by atoms with Crippen LogP contribution in [0.5, 0.6) is 0 Å². The zero-order valence-electron chi connectivity index (χ0n) is 11.4. The Morgan fingerprint density at radius 1 is 1.27 bits per heavy atom. The summed E-state index contributed by atoms with van der Waals surface area (Å²) in [4.78, 5) is 23.6. The Labute approximate surface area is 123 Å². The number of hydrogen-bond donors (Lipinski definition) is 1. The predicted molar refractivity (Wildman–Crippen MR) is 73.4 cm³/mol. The van der Waals surface area contributed by atoms with Crippen molar-refractivity contribution in [3.8, 4) is 0 Å². The Hall–Kier alpha value is -2.38. The van der Waals surface area contributed by atoms with E-state index in [0.717, 1.165) is 12.8 Å². The van der Waals surface area contributed by atoms with Crippen LogP contribution in [-0.2, 0) is 9.59 Å². The summed E-state index contributed by atoms with van der Waals surface area (Å²) in [5.41, 5.74) is -0.721. The number of hydrazone groups is 1. The van der Waals surface area contributed by atoms with E-state index in [4.69, 9.17) is 0 Å². The van der Waals surface area contributed by atoms with Gasteiger partial charge in [-0.1, -0.05) is 12.1 Å². The van der Waals surface area contributed by atoms with Crippen LogP contribution in [0.3, 0.4) is 0 Å². The highest BCUT2D eigenvalue weighted by atomic mass is 19.4. The fraction of sp³-hybridized carbons (Fsp3) is 0.357. The molecule has 1 saturated carbocycles. The first-order valence-corrected chi connectivity index (χ1v) is 6.74. The van der Waals surface area contributed by atoms with Gasteiger partial charge in [0.1, 0.15) is 0 Å². The van der Waals surface area contributed by atoms with E-state index in [-0.39, 0.29) is 23.2 Å². The van der Waals surface area contributed by atoms with Crippen molar-refractivity contribution >= 4 is 28.9 Å². The van der Waals surface area contributed by atoms with Crippen molar-refractivity contribution in [2.24, 2.45) is 11.0 Å². The molecular weight excluding hydrogens is 299 g/mol. The molecule has 1 aromatic carbocycles. The van der Waals surface area contributed by atoms with Crippen LogP contribution in [0.4, 0.5) is 24.5 Å². The minimum atomic E-state index is -4.64. The van der Waals surface area contributed by atoms with E-state index in [1.165, 1.54) is 12.1 Å². The van der Waals surface area contributed by atoms with Gasteiger partial charge in [0.05, 0.1) is 17.8 Å². The van der Waals surface area contributed by atoms with Crippen LogP contribution >= 0.6 is 0 Å². The highest BCUT2D eigenvalue weighted by Crippen LogP contribution is 2.35. The standard InChI is InChI=1S/C14H12F3N3O2/c15-14(16,17)11-7-12(21)20(19-11)10-4-2-1-3-9(10)18-13(22)8-5-6-8/h1-4,8H,5-7H2,(H,18,22). The average molecular weight is 311 g/mol. The van der Waals surface area contributed by atoms with E-state index in [1.807, 2.05) is 0 Å². The number of hydrogen-bond acceptors (Lipinski definition) is 3. The molecule has 0 aromatic heterocycles. The minimum absolute atomic E-state index is 0.0587. The maximum Gasteiger partial charge on any atom is 0.431 e. The second kappa shape index (κ2) is 5.11. The zero-order valence-corrected chi connectivity index (χ0v) is 11.4. The number of nitrogens with zero attached hydrogens (tertiary/aromatic N) is 2. The molecular formula is C14H12F3N3O2. The number of anilines is 2. The molecule has 0 bridgehead atoms. The molecule has 5 nitrogen and oxygen atoms in total. The molecule has 116 valence electrons. The van der Waals surface area contributed by atoms with Gasteiger partial charge in [0, 0.05) is 5.92 Å². The number of para-hydroxylation sites is 2. The summed E-state index contributed by atoms with van der Waals surface area (Å²) in [6.45, 7) is 0. The van der Waals surface area contributed by atoms with Gasteiger partial charge in [0.25, 0.3) is 5.91 Å². The number of benzene rings is 1. The van der Waals surface area contributed by atoms with Crippen molar-refractivity contribution in [2.75, 3.05) is 10.3 Å². The van der Waals surface area contributed by atoms with Crippen molar-refractivity contribution < 1.29 is 22.8 Å². The minimum Gasteiger partial charge on any atom is -0.324 e. The van der Waals surface area contributed by atoms with Crippen molar-refractivity contribution in [3.63, 3.8) is 0 Å². The summed E-state index contributed by atoms with van der Waals surface area (Å²) < 4.78 is 38.0. The molecule has 22 heavy (non-hydrogen) atoms. The van der Waals surface area contributed by atoms with E-state index in [2.05, 4.69) is 10.4 Å². The van der Waals surface area contributed by atoms with Crippen LogP contribution in [-0.4, -0.2) is 23.7 Å². The first-order chi connectivity index (χ1) is 10.4. The molecule has 0 radical (unpaired) electrons. The largest absolute Gasteiger partial charge is 0.431 e. The highest BCUT2D eigenvalue weighted by molar-refractivity contribution is 6.16. The predicted octanol–water partition coefficient (Wildman–Crippen LogP) is 2.69. The normalized spacial score (nSPS) is 18.4. The molecule has 8 heteroatoms. The number of rotatable bonds is 3. The number of carbonyl (C=O) groups is 2. The fourth-order valence-corrected chi connectivity index (χ4v) is 2.12. The van der Waals surface area contributed by atoms with Gasteiger partial charge < -0.3 is 5.32 Å². The van der Waals surface area contributed by atoms with Gasteiger partial charge in [0.15, 0.2) is 5.71 Å². The van der Waals surface area contributed by atoms with Crippen LogP contribution in [0.15, 0.2) is 29.4 Å². The number of alkyl halides is 3. The molecule has 2 amide bonds. The van der Waals surface area contributed by atoms with E-state index < -0.39 is 24.2 Å². The SMILES string of the molecule is O=C(Nc1ccccc1N1N=C(C(F)(F)F)CC1=O)C1CC1. The molecule has 1 heterocycles. The molecule has 0 saturated heterocycles. The van der Waals surface area contributed by atoms with Crippen molar-refractivity contribution in [3.05, 3.63) is 24.3 Å². The maximum absolute atomic E-state index is 12.7. The Morgan fingerprint density at radius 2 is 1.95 bits per heavy atom. The molecule has 0 atom stereocenters. The van der Waals surface area contributed by atoms with Crippen LogP contribution in [0.25, 0.3) is 0 Å². The smallest absolute Gasteiger partial charge is 0.324 e. The number of carbonyl (C=O) groups excluding carboxylic acids is 2. The van der Waals surface area contributed by atoms with E-state index in [0.29, 0.717) is 5.01 Å². The summed E-state index contributed by atoms with van der Waals surface area (Å²) in [7, 11) is 0. The maximum atomic E-state index is 12.7. The molecule has 1 fully saturated rings. The Morgan fingerprint density at radius 3 is 2.55 bits per heavy atom. The van der Waals surface area contributed by atoms with Crippen molar-refractivity contribution in [1.82, 2.24) is 0 Å². The third-order valence-corrected chi connectivity index (χ3v) is 3.44. The summed E-state index contributed by atoms with van der Waals surface area (Å²) in [5.74, 6) is -1.03. The zero-order chi connectivity index (χ0) is 15.9. The van der Waals surface area contributed by atoms with Gasteiger partial charge in [0.2, 0.25) is 5.91 Å². The lowest BCUT2D eigenvalue weighted by Gasteiger charge is -2.16. The van der Waals surface area contributed by atoms with Gasteiger partial charge >= 0.3 is 6.18 Å². The highest BCUT2D eigenvalue weighted by Gasteiger charge is 2.43. The Balaban J connectivity index is 1.89. The molecule has 0 unspecified atom stereocenters. The molecule has 1 aromatic rings. The summed E-state index contributed by atoms with van der Waals surface area (Å²) in [6, 6.07) is 6.17. The number of amides is 2. The van der Waals surface area contributed by atoms with Crippen LogP contribution in [0.1, 0.15) is 19.3 Å². The van der Waals surface area contributed by atoms with Crippen LogP contribution < -0.4 is 10.3 Å². The lowest BCUT2D eigenvalue weighted by molar-refractivity contribution is -0.118. The van der Waals surface area contributed by atoms with E-state index in [9.17, 15) is 22.8 Å². The van der Waals surface area contributed by atoms with Crippen molar-refractivity contribution in [1.29, 1.82) is 0 Å². The summed E-state index contributed by atoms with van der Waals surface area (Å²) >= 11 is 0. The molecule has 1 N–H and O–H groups in total. The van der Waals surface area contributed by atoms with Crippen LogP contribution in [0, 0.1) is 5.92 Å². The Kier molecular flexibility index (Phi) is 3.38. The third kappa shape index (κ3) is 2.81. The molecule has 3 rings (SSSR count). The summed E-state index contributed by atoms with van der Waals surface area (Å²) in [5, 5.41) is 6.70. The van der Waals surface area contributed by atoms with E-state index in [1.54, 1.807) is 12.1 Å². The fourth-order valence-electron chi connectivity index (χ4n) is 2.12. The lowest BCUT2D eigenvalue weighted by Crippen LogP contribution is -2.23. The number of nitrogens with one attached hydrogen (secondary N) is 1. The van der Waals surface area contributed by atoms with E-state index >= 15 is 0 Å². The topological polar surface area (TPSA) is 61.8 Å². The van der Waals surface area contributed by atoms with Gasteiger partial charge in [-0.3, -0.25) is 9.59 Å². The molecule has 1 aliphatic carbocycles. The van der Waals surface area contributed by atoms with Crippen molar-refractivity contribution in [2.45, 2.75) is 25.4 Å². The van der Waals surface area contributed by atoms with Crippen LogP contribution in [0.2, 0.25) is 0 Å². The number of halogens is 3. The molecule has 0 spiro atoms. The molecule has 2 aliphatic rings. The second-order valence-corrected chi connectivity index (χ2v) is 5.21. The Bertz CT molecular complexity index is 666. The second-order valence-electron chi connectivity index (χ2n) is 5.21. The first kappa shape index (κ1) is 14.6. The quantitative estimate of drug-likeness (QED) is 0.933. The third-order valence-electron chi connectivity index (χ3n) is 3.44. The van der Waals surface area contributed by atoms with Gasteiger partial charge in [-0.05, 0) is 25.0 Å². The van der Waals surface area contributed by atoms with Gasteiger partial charge in [-0.15, -0.1) is 0 Å². The van der Waals surface area contributed by atoms with Gasteiger partial charge in [-0.2, -0.15) is 23.3 Å². The van der Waals surface area contributed by atoms with Gasteiger partial charge in [-0.25, -0.2) is 0 Å². The molecule has 1 aliphatic heterocycles. The lowest BCUT2D eigenvalue weighted by atomic mass is 10.2. The first-order valence-electron chi connectivity index (χ1n) is 6.74.